The fraction of sp³-hybridized carbons (Fsp3) is 0. The maximum absolute atomic E-state index is 13.0. The number of hydrogen-bond donors (Lipinski definition) is 1. The lowest BCUT2D eigenvalue weighted by atomic mass is 10.1. The number of ketones is 1. The molecule has 4 aromatic rings. The maximum atomic E-state index is 13.0. The average molecular weight is 334 g/mol. The van der Waals surface area contributed by atoms with Crippen LogP contribution in [-0.2, 0) is 0 Å². The molecule has 7 heteroatoms. The van der Waals surface area contributed by atoms with Crippen LogP contribution in [0, 0.1) is 5.82 Å². The average Bonchev–Trinajstić information content (AvgIpc) is 3.05. The van der Waals surface area contributed by atoms with Gasteiger partial charge in [-0.1, -0.05) is 12.1 Å². The topological polar surface area (TPSA) is 80.4 Å². The highest BCUT2D eigenvalue weighted by atomic mass is 19.1. The van der Waals surface area contributed by atoms with Gasteiger partial charge in [0.1, 0.15) is 11.6 Å². The van der Waals surface area contributed by atoms with Gasteiger partial charge in [-0.3, -0.25) is 4.79 Å². The first kappa shape index (κ1) is 14.9. The number of benzene rings is 2. The van der Waals surface area contributed by atoms with Gasteiger partial charge in [0.25, 0.3) is 0 Å². The van der Waals surface area contributed by atoms with E-state index in [-0.39, 0.29) is 22.8 Å². The largest absolute Gasteiger partial charge is 0.507 e. The number of hydrogen-bond acceptors (Lipinski definition) is 5. The number of phenolic OH excluding ortho intramolecular Hbond substituents is 1. The van der Waals surface area contributed by atoms with Crippen LogP contribution in [0.15, 0.2) is 60.8 Å². The van der Waals surface area contributed by atoms with Crippen molar-refractivity contribution in [3.63, 3.8) is 0 Å². The quantitative estimate of drug-likeness (QED) is 0.583. The molecule has 4 rings (SSSR count). The van der Waals surface area contributed by atoms with Crippen LogP contribution < -0.4 is 0 Å². The summed E-state index contributed by atoms with van der Waals surface area (Å²) >= 11 is 0. The summed E-state index contributed by atoms with van der Waals surface area (Å²) in [5, 5.41) is 22.1. The Morgan fingerprint density at radius 2 is 1.80 bits per heavy atom. The van der Waals surface area contributed by atoms with Crippen LogP contribution in [0.3, 0.4) is 0 Å². The molecular weight excluding hydrogens is 323 g/mol. The summed E-state index contributed by atoms with van der Waals surface area (Å²) in [6.07, 6.45) is 1.45. The Kier molecular flexibility index (Phi) is 3.46. The molecule has 2 aromatic carbocycles. The first-order valence-electron chi connectivity index (χ1n) is 7.43. The lowest BCUT2D eigenvalue weighted by molar-refractivity contribution is 0.103. The van der Waals surface area contributed by atoms with Crippen LogP contribution in [-0.4, -0.2) is 30.7 Å². The van der Waals surface area contributed by atoms with Crippen LogP contribution in [0.25, 0.3) is 16.9 Å². The Labute approximate surface area is 141 Å². The zero-order valence-electron chi connectivity index (χ0n) is 12.8. The zero-order chi connectivity index (χ0) is 17.4. The highest BCUT2D eigenvalue weighted by Crippen LogP contribution is 2.21. The van der Waals surface area contributed by atoms with E-state index in [2.05, 4.69) is 15.3 Å². The number of halogens is 1. The molecule has 2 aromatic heterocycles. The van der Waals surface area contributed by atoms with Gasteiger partial charge in [0.05, 0.1) is 17.5 Å². The van der Waals surface area contributed by atoms with Gasteiger partial charge in [0.2, 0.25) is 5.78 Å². The third-order valence-electron chi connectivity index (χ3n) is 3.74. The smallest absolute Gasteiger partial charge is 0.218 e. The highest BCUT2D eigenvalue weighted by Gasteiger charge is 2.16. The molecule has 122 valence electrons. The van der Waals surface area contributed by atoms with Crippen LogP contribution in [0.2, 0.25) is 0 Å². The summed E-state index contributed by atoms with van der Waals surface area (Å²) in [4.78, 5) is 12.5. The molecule has 6 nitrogen and oxygen atoms in total. The number of aromatic hydroxyl groups is 1. The van der Waals surface area contributed by atoms with E-state index < -0.39 is 5.78 Å². The van der Waals surface area contributed by atoms with E-state index >= 15 is 0 Å². The number of aromatic nitrogens is 4. The molecule has 0 bridgehead atoms. The van der Waals surface area contributed by atoms with Crippen molar-refractivity contribution in [2.75, 3.05) is 0 Å². The van der Waals surface area contributed by atoms with Crippen molar-refractivity contribution in [3.05, 3.63) is 77.9 Å². The van der Waals surface area contributed by atoms with Gasteiger partial charge >= 0.3 is 0 Å². The molecule has 0 aliphatic rings. The SMILES string of the molecule is O=C(c1cn2nc(-c3ccc(F)cc3)cc2nn1)c1ccccc1O. The number of phenols is 1. The summed E-state index contributed by atoms with van der Waals surface area (Å²) in [6.45, 7) is 0. The molecule has 25 heavy (non-hydrogen) atoms. The molecule has 0 saturated carbocycles. The highest BCUT2D eigenvalue weighted by molar-refractivity contribution is 6.09. The second-order valence-corrected chi connectivity index (χ2v) is 5.40. The number of carbonyl (C=O) groups excluding carboxylic acids is 1. The van der Waals surface area contributed by atoms with Crippen molar-refractivity contribution in [2.24, 2.45) is 0 Å². The second-order valence-electron chi connectivity index (χ2n) is 5.40. The second kappa shape index (κ2) is 5.79. The standard InChI is InChI=1S/C18H11FN4O2/c19-12-7-5-11(6-8-12)14-9-17-21-20-15(10-23(17)22-14)18(25)13-3-1-2-4-16(13)24/h1-10,24H. The molecule has 0 saturated heterocycles. The van der Waals surface area contributed by atoms with Gasteiger partial charge in [-0.25, -0.2) is 8.91 Å². The molecule has 0 aliphatic carbocycles. The minimum absolute atomic E-state index is 0.0581. The van der Waals surface area contributed by atoms with E-state index in [4.69, 9.17) is 0 Å². The maximum Gasteiger partial charge on any atom is 0.218 e. The van der Waals surface area contributed by atoms with Crippen LogP contribution in [0.4, 0.5) is 4.39 Å². The molecule has 0 fully saturated rings. The van der Waals surface area contributed by atoms with Gasteiger partial charge in [-0.05, 0) is 36.4 Å². The van der Waals surface area contributed by atoms with E-state index in [9.17, 15) is 14.3 Å². The molecular formula is C18H11FN4O2. The molecule has 0 spiro atoms. The molecule has 2 heterocycles. The van der Waals surface area contributed by atoms with Gasteiger partial charge in [-0.15, -0.1) is 10.2 Å². The number of fused-ring (bicyclic) bond motifs is 1. The van der Waals surface area contributed by atoms with Crippen molar-refractivity contribution >= 4 is 11.4 Å². The molecule has 0 atom stereocenters. The number of carbonyl (C=O) groups is 1. The Morgan fingerprint density at radius 1 is 1.04 bits per heavy atom. The van der Waals surface area contributed by atoms with Crippen LogP contribution >= 0.6 is 0 Å². The molecule has 0 unspecified atom stereocenters. The van der Waals surface area contributed by atoms with Crippen molar-refractivity contribution in [2.45, 2.75) is 0 Å². The number of rotatable bonds is 3. The zero-order valence-corrected chi connectivity index (χ0v) is 12.8. The lowest BCUT2D eigenvalue weighted by Crippen LogP contribution is -2.08. The summed E-state index contributed by atoms with van der Waals surface area (Å²) in [7, 11) is 0. The minimum Gasteiger partial charge on any atom is -0.507 e. The van der Waals surface area contributed by atoms with Gasteiger partial charge in [0, 0.05) is 11.6 Å². The fourth-order valence-corrected chi connectivity index (χ4v) is 2.47. The number of para-hydroxylation sites is 1. The first-order valence-corrected chi connectivity index (χ1v) is 7.43. The Balaban J connectivity index is 1.74. The van der Waals surface area contributed by atoms with Crippen molar-refractivity contribution in [3.8, 4) is 17.0 Å². The summed E-state index contributed by atoms with van der Waals surface area (Å²) in [5.74, 6) is -0.906. The summed E-state index contributed by atoms with van der Waals surface area (Å²) < 4.78 is 14.5. The van der Waals surface area contributed by atoms with Crippen LogP contribution in [0.1, 0.15) is 16.1 Å². The third-order valence-corrected chi connectivity index (χ3v) is 3.74. The van der Waals surface area contributed by atoms with Gasteiger partial charge < -0.3 is 5.11 Å². The molecule has 1 N–H and O–H groups in total. The third kappa shape index (κ3) is 2.72. The fourth-order valence-electron chi connectivity index (χ4n) is 2.47. The minimum atomic E-state index is -0.452. The van der Waals surface area contributed by atoms with Crippen molar-refractivity contribution in [1.82, 2.24) is 19.8 Å². The number of nitrogens with zero attached hydrogens (tertiary/aromatic N) is 4. The predicted molar refractivity (Wildman–Crippen MR) is 87.7 cm³/mol. The van der Waals surface area contributed by atoms with Crippen molar-refractivity contribution in [1.29, 1.82) is 0 Å². The van der Waals surface area contributed by atoms with E-state index in [1.54, 1.807) is 30.3 Å². The molecule has 0 aliphatic heterocycles. The van der Waals surface area contributed by atoms with E-state index in [0.717, 1.165) is 5.56 Å². The van der Waals surface area contributed by atoms with Gasteiger partial charge in [-0.2, -0.15) is 5.10 Å². The van der Waals surface area contributed by atoms with Gasteiger partial charge in [0.15, 0.2) is 11.3 Å². The Hall–Kier alpha value is -3.61. The summed E-state index contributed by atoms with van der Waals surface area (Å²) in [5.41, 5.74) is 1.96. The summed E-state index contributed by atoms with van der Waals surface area (Å²) in [6, 6.07) is 13.8. The Bertz CT molecular complexity index is 1090. The molecule has 0 radical (unpaired) electrons. The monoisotopic (exact) mass is 334 g/mol. The Morgan fingerprint density at radius 3 is 2.56 bits per heavy atom. The first-order chi connectivity index (χ1) is 12.1. The predicted octanol–water partition coefficient (Wildman–Crippen LogP) is 2.87. The van der Waals surface area contributed by atoms with E-state index in [1.165, 1.54) is 35.0 Å². The van der Waals surface area contributed by atoms with Crippen LogP contribution in [0.5, 0.6) is 5.75 Å². The van der Waals surface area contributed by atoms with E-state index in [1.807, 2.05) is 0 Å². The lowest BCUT2D eigenvalue weighted by Gasteiger charge is -2.02. The molecule has 0 amide bonds. The van der Waals surface area contributed by atoms with Crippen molar-refractivity contribution < 1.29 is 14.3 Å². The normalized spacial score (nSPS) is 10.9. The van der Waals surface area contributed by atoms with E-state index in [0.29, 0.717) is 11.3 Å².